The maximum atomic E-state index is 11.4. The third-order valence-corrected chi connectivity index (χ3v) is 6.93. The number of carboxylic acids is 1. The van der Waals surface area contributed by atoms with E-state index in [4.69, 9.17) is 28.4 Å². The van der Waals surface area contributed by atoms with E-state index in [1.165, 1.54) is 26.4 Å². The van der Waals surface area contributed by atoms with E-state index in [1.54, 1.807) is 13.1 Å². The van der Waals surface area contributed by atoms with Gasteiger partial charge in [-0.05, 0) is 30.8 Å². The van der Waals surface area contributed by atoms with Crippen LogP contribution in [-0.2, 0) is 16.1 Å². The number of benzene rings is 2. The van der Waals surface area contributed by atoms with Crippen molar-refractivity contribution in [3.05, 3.63) is 41.0 Å². The maximum absolute atomic E-state index is 11.4. The molecule has 0 unspecified atom stereocenters. The van der Waals surface area contributed by atoms with Gasteiger partial charge in [0.05, 0.1) is 20.1 Å². The highest BCUT2D eigenvalue weighted by molar-refractivity contribution is 5.73. The summed E-state index contributed by atoms with van der Waals surface area (Å²) in [5, 5.41) is 53.6. The molecule has 0 spiro atoms. The van der Waals surface area contributed by atoms with Gasteiger partial charge in [-0.2, -0.15) is 0 Å². The quantitative estimate of drug-likeness (QED) is 0.270. The van der Waals surface area contributed by atoms with Gasteiger partial charge >= 0.3 is 5.97 Å². The smallest absolute Gasteiger partial charge is 0.335 e. The first-order valence-electron chi connectivity index (χ1n) is 11.9. The summed E-state index contributed by atoms with van der Waals surface area (Å²) in [6.45, 7) is 0.475. The Balaban J connectivity index is 1.46. The Kier molecular flexibility index (Phi) is 6.98. The predicted octanol–water partition coefficient (Wildman–Crippen LogP) is -0.378. The van der Waals surface area contributed by atoms with E-state index in [1.807, 2.05) is 6.07 Å². The Morgan fingerprint density at radius 1 is 1.03 bits per heavy atom. The molecule has 13 heteroatoms. The molecular weight excluding hydrogens is 506 g/mol. The van der Waals surface area contributed by atoms with E-state index in [-0.39, 0.29) is 11.5 Å². The third-order valence-electron chi connectivity index (χ3n) is 6.93. The summed E-state index contributed by atoms with van der Waals surface area (Å²) < 4.78 is 34.0. The van der Waals surface area contributed by atoms with Crippen molar-refractivity contribution < 1.29 is 58.7 Å². The van der Waals surface area contributed by atoms with Gasteiger partial charge in [0.1, 0.15) is 35.9 Å². The fourth-order valence-corrected chi connectivity index (χ4v) is 5.16. The minimum atomic E-state index is -1.84. The summed E-state index contributed by atoms with van der Waals surface area (Å²) in [4.78, 5) is 11.4. The van der Waals surface area contributed by atoms with Gasteiger partial charge in [-0.3, -0.25) is 0 Å². The Hall–Kier alpha value is -3.33. The molecule has 0 radical (unpaired) electrons. The number of hydrogen-bond acceptors (Lipinski definition) is 12. The number of hydrogen-bond donors (Lipinski definition) is 6. The Morgan fingerprint density at radius 2 is 1.79 bits per heavy atom. The van der Waals surface area contributed by atoms with Crippen LogP contribution in [0.25, 0.3) is 0 Å². The fraction of sp³-hybridized carbons (Fsp3) is 0.480. The molecule has 2 aromatic carbocycles. The molecule has 13 nitrogen and oxygen atoms in total. The van der Waals surface area contributed by atoms with Crippen LogP contribution in [0.1, 0.15) is 28.7 Å². The van der Waals surface area contributed by atoms with Crippen LogP contribution < -0.4 is 29.0 Å². The second-order valence-corrected chi connectivity index (χ2v) is 9.17. The number of carboxylic acid groups (broad SMARTS) is 1. The molecule has 5 rings (SSSR count). The summed E-state index contributed by atoms with van der Waals surface area (Å²) in [7, 11) is 4.82. The number of aliphatic hydroxyl groups excluding tert-OH is 4. The molecule has 1 fully saturated rings. The topological polar surface area (TPSA) is 186 Å². The van der Waals surface area contributed by atoms with Gasteiger partial charge in [0, 0.05) is 23.7 Å². The number of fused-ring (bicyclic) bond motifs is 5. The predicted molar refractivity (Wildman–Crippen MR) is 126 cm³/mol. The Morgan fingerprint density at radius 3 is 2.45 bits per heavy atom. The molecule has 0 aromatic heterocycles. The first-order valence-corrected chi connectivity index (χ1v) is 11.9. The van der Waals surface area contributed by atoms with Gasteiger partial charge in [0.25, 0.3) is 0 Å². The molecule has 206 valence electrons. The van der Waals surface area contributed by atoms with Crippen molar-refractivity contribution in [3.8, 4) is 28.7 Å². The van der Waals surface area contributed by atoms with Crippen molar-refractivity contribution in [3.63, 3.8) is 0 Å². The molecule has 38 heavy (non-hydrogen) atoms. The lowest BCUT2D eigenvalue weighted by Gasteiger charge is -2.38. The molecule has 3 heterocycles. The van der Waals surface area contributed by atoms with E-state index >= 15 is 0 Å². The van der Waals surface area contributed by atoms with Crippen LogP contribution >= 0.6 is 0 Å². The number of ether oxygens (including phenoxy) is 6. The minimum absolute atomic E-state index is 0.0943. The zero-order valence-electron chi connectivity index (χ0n) is 20.7. The monoisotopic (exact) mass is 535 g/mol. The zero-order valence-corrected chi connectivity index (χ0v) is 20.7. The molecule has 0 bridgehead atoms. The second-order valence-electron chi connectivity index (χ2n) is 9.17. The summed E-state index contributed by atoms with van der Waals surface area (Å²) in [6, 6.07) is 6.43. The minimum Gasteiger partial charge on any atom is -0.493 e. The maximum Gasteiger partial charge on any atom is 0.335 e. The van der Waals surface area contributed by atoms with Crippen LogP contribution in [0.3, 0.4) is 0 Å². The van der Waals surface area contributed by atoms with E-state index < -0.39 is 55.0 Å². The molecule has 0 saturated carbocycles. The van der Waals surface area contributed by atoms with Crippen molar-refractivity contribution in [1.29, 1.82) is 0 Å². The molecule has 8 atom stereocenters. The fourth-order valence-electron chi connectivity index (χ4n) is 5.16. The van der Waals surface area contributed by atoms with E-state index in [0.717, 1.165) is 11.1 Å². The highest BCUT2D eigenvalue weighted by Crippen LogP contribution is 2.59. The summed E-state index contributed by atoms with van der Waals surface area (Å²) in [6.07, 6.45) is -10.7. The summed E-state index contributed by atoms with van der Waals surface area (Å²) in [5.74, 6) is -0.474. The normalized spacial score (nSPS) is 31.2. The van der Waals surface area contributed by atoms with Crippen LogP contribution in [0.15, 0.2) is 24.3 Å². The average Bonchev–Trinajstić information content (AvgIpc) is 3.30. The Labute approximate surface area is 217 Å². The Bertz CT molecular complexity index is 1220. The van der Waals surface area contributed by atoms with Gasteiger partial charge in [-0.1, -0.05) is 0 Å². The summed E-state index contributed by atoms with van der Waals surface area (Å²) in [5.41, 5.74) is 2.17. The molecular formula is C25H29NO12. The third kappa shape index (κ3) is 4.17. The first kappa shape index (κ1) is 26.3. The van der Waals surface area contributed by atoms with Gasteiger partial charge in [0.15, 0.2) is 17.6 Å². The van der Waals surface area contributed by atoms with Crippen molar-refractivity contribution in [2.45, 2.75) is 55.6 Å². The van der Waals surface area contributed by atoms with Gasteiger partial charge in [0.2, 0.25) is 18.3 Å². The number of aliphatic hydroxyl groups is 4. The lowest BCUT2D eigenvalue weighted by molar-refractivity contribution is -0.271. The van der Waals surface area contributed by atoms with Crippen molar-refractivity contribution >= 4 is 5.97 Å². The number of rotatable bonds is 7. The molecule has 2 aromatic rings. The highest BCUT2D eigenvalue weighted by atomic mass is 16.7. The highest BCUT2D eigenvalue weighted by Gasteiger charge is 2.50. The number of nitrogens with one attached hydrogen (secondary N) is 1. The van der Waals surface area contributed by atoms with E-state index in [9.17, 15) is 30.3 Å². The lowest BCUT2D eigenvalue weighted by Crippen LogP contribution is -2.61. The van der Waals surface area contributed by atoms with Crippen LogP contribution in [0.5, 0.6) is 28.7 Å². The number of aliphatic carboxylic acids is 1. The average molecular weight is 536 g/mol. The second kappa shape index (κ2) is 10.1. The largest absolute Gasteiger partial charge is 0.493 e. The van der Waals surface area contributed by atoms with Crippen LogP contribution in [0.4, 0.5) is 0 Å². The van der Waals surface area contributed by atoms with Crippen LogP contribution in [-0.4, -0.2) is 89.8 Å². The van der Waals surface area contributed by atoms with Crippen molar-refractivity contribution in [1.82, 2.24) is 5.32 Å². The molecule has 0 aliphatic carbocycles. The van der Waals surface area contributed by atoms with E-state index in [0.29, 0.717) is 29.4 Å². The molecule has 6 N–H and O–H groups in total. The zero-order chi connectivity index (χ0) is 27.3. The van der Waals surface area contributed by atoms with Gasteiger partial charge in [-0.15, -0.1) is 0 Å². The van der Waals surface area contributed by atoms with Crippen LogP contribution in [0, 0.1) is 0 Å². The summed E-state index contributed by atoms with van der Waals surface area (Å²) >= 11 is 0. The standard InChI is InChI=1S/C25H29NO12/c1-26-8-9-6-13(33-2)20(34-3)21-14(9)15-19(37-21)11-5-4-10(7-12(11)36-24(15)32)35-25-18(29)16(27)17(28)22(38-25)23(30)31/h4-7,15-19,22,24-29,32H,8H2,1-3H3,(H,30,31)/t15-,16+,17+,18-,19+,22+,24+,25+/m1/s1. The van der Waals surface area contributed by atoms with Crippen molar-refractivity contribution in [2.24, 2.45) is 0 Å². The molecule has 3 aliphatic rings. The molecule has 1 saturated heterocycles. The van der Waals surface area contributed by atoms with Crippen LogP contribution in [0.2, 0.25) is 0 Å². The first-order chi connectivity index (χ1) is 18.2. The number of methoxy groups -OCH3 is 2. The van der Waals surface area contributed by atoms with Crippen molar-refractivity contribution in [2.75, 3.05) is 21.3 Å². The van der Waals surface area contributed by atoms with Gasteiger partial charge < -0.3 is 59.3 Å². The SMILES string of the molecule is CNCc1cc(OC)c(OC)c2c1[C@H]1[C@@H](O)Oc3cc(O[C@H]4O[C@H](C(=O)O)[C@@H](O)[C@H](O)[C@H]4O)ccc3[C@@H]1O2. The number of carbonyl (C=O) groups is 1. The molecule has 0 amide bonds. The van der Waals surface area contributed by atoms with Gasteiger partial charge in [-0.25, -0.2) is 4.79 Å². The molecule has 3 aliphatic heterocycles. The lowest BCUT2D eigenvalue weighted by atomic mass is 9.85. The van der Waals surface area contributed by atoms with E-state index in [2.05, 4.69) is 5.32 Å².